The Hall–Kier alpha value is -2.58. The average Bonchev–Trinajstić information content (AvgIpc) is 3.25. The van der Waals surface area contributed by atoms with Gasteiger partial charge in [0, 0.05) is 37.3 Å². The first-order valence-electron chi connectivity index (χ1n) is 10.6. The first-order chi connectivity index (χ1) is 14.1. The first-order valence-corrected chi connectivity index (χ1v) is 10.6. The minimum atomic E-state index is 0.0857. The molecule has 1 unspecified atom stereocenters. The van der Waals surface area contributed by atoms with Crippen molar-refractivity contribution in [3.05, 3.63) is 53.1 Å². The Morgan fingerprint density at radius 2 is 2.28 bits per heavy atom. The minimum absolute atomic E-state index is 0.0857. The highest BCUT2D eigenvalue weighted by Gasteiger charge is 2.25. The van der Waals surface area contributed by atoms with Gasteiger partial charge in [-0.2, -0.15) is 5.26 Å². The summed E-state index contributed by atoms with van der Waals surface area (Å²) in [5, 5.41) is 9.01. The lowest BCUT2D eigenvalue weighted by atomic mass is 9.96. The molecule has 1 atom stereocenters. The van der Waals surface area contributed by atoms with Gasteiger partial charge in [-0.15, -0.1) is 0 Å². The van der Waals surface area contributed by atoms with Crippen molar-refractivity contribution in [2.24, 2.45) is 5.92 Å². The maximum atomic E-state index is 12.9. The van der Waals surface area contributed by atoms with E-state index in [9.17, 15) is 4.79 Å². The summed E-state index contributed by atoms with van der Waals surface area (Å²) < 4.78 is 5.32. The molecule has 0 saturated carbocycles. The molecule has 1 aromatic carbocycles. The predicted octanol–water partition coefficient (Wildman–Crippen LogP) is 3.58. The topological polar surface area (TPSA) is 56.6 Å². The summed E-state index contributed by atoms with van der Waals surface area (Å²) in [7, 11) is 1.70. The van der Waals surface area contributed by atoms with Crippen LogP contribution < -0.4 is 4.74 Å². The molecule has 1 heterocycles. The number of allylic oxidation sites excluding steroid dienone is 3. The zero-order valence-corrected chi connectivity index (χ0v) is 17.6. The zero-order chi connectivity index (χ0) is 20.6. The average molecular weight is 394 g/mol. The number of nitrogens with zero attached hydrogens (tertiary/aromatic N) is 3. The monoisotopic (exact) mass is 393 g/mol. The molecule has 29 heavy (non-hydrogen) atoms. The number of nitriles is 1. The molecule has 1 amide bonds. The van der Waals surface area contributed by atoms with Gasteiger partial charge in [0.25, 0.3) is 0 Å². The maximum absolute atomic E-state index is 12.9. The Labute approximate surface area is 174 Å². The highest BCUT2D eigenvalue weighted by Crippen LogP contribution is 2.23. The zero-order valence-electron chi connectivity index (χ0n) is 17.6. The van der Waals surface area contributed by atoms with Gasteiger partial charge >= 0.3 is 0 Å². The van der Waals surface area contributed by atoms with Crippen LogP contribution >= 0.6 is 0 Å². The quantitative estimate of drug-likeness (QED) is 0.677. The summed E-state index contributed by atoms with van der Waals surface area (Å²) in [5.41, 5.74) is 2.64. The second-order valence-electron chi connectivity index (χ2n) is 7.90. The summed E-state index contributed by atoms with van der Waals surface area (Å²) in [6.07, 6.45) is 7.51. The van der Waals surface area contributed by atoms with Crippen LogP contribution in [0, 0.1) is 17.2 Å². The minimum Gasteiger partial charge on any atom is -0.497 e. The Morgan fingerprint density at radius 1 is 1.41 bits per heavy atom. The normalized spacial score (nSPS) is 19.3. The molecule has 1 aromatic rings. The number of carbonyl (C=O) groups excluding carboxylic acids is 1. The van der Waals surface area contributed by atoms with Gasteiger partial charge in [0.05, 0.1) is 13.2 Å². The van der Waals surface area contributed by atoms with Gasteiger partial charge in [-0.25, -0.2) is 0 Å². The van der Waals surface area contributed by atoms with E-state index in [1.807, 2.05) is 30.0 Å². The summed E-state index contributed by atoms with van der Waals surface area (Å²) in [6, 6.07) is 10.4. The van der Waals surface area contributed by atoms with Crippen LogP contribution in [-0.4, -0.2) is 55.5 Å². The Bertz CT molecular complexity index is 822. The van der Waals surface area contributed by atoms with Crippen molar-refractivity contribution in [3.63, 3.8) is 0 Å². The second-order valence-corrected chi connectivity index (χ2v) is 7.90. The molecule has 0 aromatic heterocycles. The Balaban J connectivity index is 1.51. The second kappa shape index (κ2) is 10.3. The Kier molecular flexibility index (Phi) is 7.48. The van der Waals surface area contributed by atoms with Gasteiger partial charge in [-0.1, -0.05) is 18.2 Å². The van der Waals surface area contributed by atoms with Crippen LogP contribution in [0.4, 0.5) is 0 Å². The van der Waals surface area contributed by atoms with E-state index in [4.69, 9.17) is 10.00 Å². The van der Waals surface area contributed by atoms with Crippen molar-refractivity contribution in [2.45, 2.75) is 32.6 Å². The molecule has 1 fully saturated rings. The number of benzene rings is 1. The SMILES string of the molecule is CCN(CC1CCCN(CCc2cccc(OC)c2)C1)C(=O)C1=CC(C#N)=CC1. The molecule has 1 aliphatic heterocycles. The van der Waals surface area contributed by atoms with E-state index in [1.54, 1.807) is 13.2 Å². The number of amides is 1. The van der Waals surface area contributed by atoms with Gasteiger partial charge in [0.1, 0.15) is 5.75 Å². The number of carbonyl (C=O) groups is 1. The highest BCUT2D eigenvalue weighted by molar-refractivity contribution is 5.95. The lowest BCUT2D eigenvalue weighted by Crippen LogP contribution is -2.43. The standard InChI is InChI=1S/C24H31N3O2/c1-3-27(24(28)22-10-9-20(14-22)16-25)18-21-7-5-12-26(17-21)13-11-19-6-4-8-23(15-19)29-2/h4,6,8-9,14-15,21H,3,5,7,10-13,17-18H2,1-2H3. The number of likely N-dealkylation sites (N-methyl/N-ethyl adjacent to an activating group) is 1. The van der Waals surface area contributed by atoms with Crippen LogP contribution in [0.2, 0.25) is 0 Å². The van der Waals surface area contributed by atoms with Crippen LogP contribution in [-0.2, 0) is 11.2 Å². The molecule has 1 aliphatic carbocycles. The summed E-state index contributed by atoms with van der Waals surface area (Å²) in [6.45, 7) is 6.73. The highest BCUT2D eigenvalue weighted by atomic mass is 16.5. The molecule has 1 saturated heterocycles. The smallest absolute Gasteiger partial charge is 0.250 e. The van der Waals surface area contributed by atoms with E-state index >= 15 is 0 Å². The van der Waals surface area contributed by atoms with Crippen LogP contribution in [0.15, 0.2) is 47.6 Å². The maximum Gasteiger partial charge on any atom is 0.250 e. The van der Waals surface area contributed by atoms with Crippen molar-refractivity contribution in [1.82, 2.24) is 9.80 Å². The van der Waals surface area contributed by atoms with Crippen molar-refractivity contribution < 1.29 is 9.53 Å². The number of piperidine rings is 1. The molecular weight excluding hydrogens is 362 g/mol. The molecular formula is C24H31N3O2. The van der Waals surface area contributed by atoms with Crippen LogP contribution in [0.5, 0.6) is 5.75 Å². The number of likely N-dealkylation sites (tertiary alicyclic amines) is 1. The van der Waals surface area contributed by atoms with Crippen molar-refractivity contribution in [1.29, 1.82) is 5.26 Å². The number of methoxy groups -OCH3 is 1. The van der Waals surface area contributed by atoms with Gasteiger partial charge in [0.15, 0.2) is 0 Å². The van der Waals surface area contributed by atoms with Gasteiger partial charge < -0.3 is 14.5 Å². The van der Waals surface area contributed by atoms with E-state index in [1.165, 1.54) is 18.4 Å². The Morgan fingerprint density at radius 3 is 3.00 bits per heavy atom. The van der Waals surface area contributed by atoms with E-state index in [0.29, 0.717) is 24.5 Å². The third-order valence-electron chi connectivity index (χ3n) is 5.88. The molecule has 0 radical (unpaired) electrons. The molecule has 0 bridgehead atoms. The summed E-state index contributed by atoms with van der Waals surface area (Å²) >= 11 is 0. The van der Waals surface area contributed by atoms with Gasteiger partial charge in [-0.05, 0) is 68.8 Å². The predicted molar refractivity (Wildman–Crippen MR) is 115 cm³/mol. The van der Waals surface area contributed by atoms with Crippen molar-refractivity contribution >= 4 is 5.91 Å². The molecule has 154 valence electrons. The summed E-state index contributed by atoms with van der Waals surface area (Å²) in [4.78, 5) is 17.3. The van der Waals surface area contributed by atoms with Crippen molar-refractivity contribution in [2.75, 3.05) is 39.8 Å². The third kappa shape index (κ3) is 5.71. The molecule has 3 rings (SSSR count). The van der Waals surface area contributed by atoms with E-state index in [-0.39, 0.29) is 5.91 Å². The summed E-state index contributed by atoms with van der Waals surface area (Å²) in [5.74, 6) is 1.50. The van der Waals surface area contributed by atoms with Crippen molar-refractivity contribution in [3.8, 4) is 11.8 Å². The molecule has 0 N–H and O–H groups in total. The van der Waals surface area contributed by atoms with Crippen LogP contribution in [0.3, 0.4) is 0 Å². The lowest BCUT2D eigenvalue weighted by Gasteiger charge is -2.35. The molecule has 2 aliphatic rings. The molecule has 5 heteroatoms. The van der Waals surface area contributed by atoms with E-state index in [2.05, 4.69) is 23.1 Å². The molecule has 0 spiro atoms. The van der Waals surface area contributed by atoms with E-state index in [0.717, 1.165) is 43.9 Å². The van der Waals surface area contributed by atoms with Gasteiger partial charge in [-0.3, -0.25) is 4.79 Å². The third-order valence-corrected chi connectivity index (χ3v) is 5.88. The van der Waals surface area contributed by atoms with Crippen LogP contribution in [0.1, 0.15) is 31.7 Å². The fourth-order valence-electron chi connectivity index (χ4n) is 4.24. The number of rotatable bonds is 8. The number of hydrogen-bond donors (Lipinski definition) is 0. The first kappa shape index (κ1) is 21.1. The van der Waals surface area contributed by atoms with Crippen LogP contribution in [0.25, 0.3) is 0 Å². The van der Waals surface area contributed by atoms with Gasteiger partial charge in [0.2, 0.25) is 5.91 Å². The number of ether oxygens (including phenoxy) is 1. The van der Waals surface area contributed by atoms with E-state index < -0.39 is 0 Å². The largest absolute Gasteiger partial charge is 0.497 e. The fourth-order valence-corrected chi connectivity index (χ4v) is 4.24. The molecule has 5 nitrogen and oxygen atoms in total. The number of hydrogen-bond acceptors (Lipinski definition) is 4. The fraction of sp³-hybridized carbons (Fsp3) is 0.500. The lowest BCUT2D eigenvalue weighted by molar-refractivity contribution is -0.127.